The molecule has 1 aliphatic rings. The van der Waals surface area contributed by atoms with Crippen molar-refractivity contribution in [3.63, 3.8) is 0 Å². The molecule has 0 aliphatic carbocycles. The number of ether oxygens (including phenoxy) is 1. The van der Waals surface area contributed by atoms with E-state index in [0.29, 0.717) is 17.4 Å². The predicted octanol–water partition coefficient (Wildman–Crippen LogP) is 3.56. The van der Waals surface area contributed by atoms with Crippen LogP contribution in [0, 0.1) is 23.2 Å². The highest BCUT2D eigenvalue weighted by atomic mass is 16.5. The third-order valence-electron chi connectivity index (χ3n) is 3.37. The zero-order chi connectivity index (χ0) is 14.3. The lowest BCUT2D eigenvalue weighted by atomic mass is 9.89. The van der Waals surface area contributed by atoms with Gasteiger partial charge in [0.2, 0.25) is 0 Å². The van der Waals surface area contributed by atoms with Crippen LogP contribution in [0.15, 0.2) is 0 Å². The van der Waals surface area contributed by atoms with E-state index in [0.717, 1.165) is 26.2 Å². The fourth-order valence-electron chi connectivity index (χ4n) is 2.32. The van der Waals surface area contributed by atoms with Crippen molar-refractivity contribution in [3.8, 4) is 11.8 Å². The minimum atomic E-state index is 0.414. The first kappa shape index (κ1) is 16.5. The van der Waals surface area contributed by atoms with Gasteiger partial charge in [-0.25, -0.2) is 0 Å². The van der Waals surface area contributed by atoms with Gasteiger partial charge in [0.15, 0.2) is 0 Å². The molecule has 0 radical (unpaired) electrons. The fraction of sp³-hybridized carbons (Fsp3) is 0.882. The van der Waals surface area contributed by atoms with Crippen LogP contribution >= 0.6 is 0 Å². The number of hydrogen-bond acceptors (Lipinski definition) is 2. The smallest absolute Gasteiger partial charge is 0.0703 e. The van der Waals surface area contributed by atoms with Crippen molar-refractivity contribution >= 4 is 0 Å². The molecule has 19 heavy (non-hydrogen) atoms. The maximum absolute atomic E-state index is 5.86. The summed E-state index contributed by atoms with van der Waals surface area (Å²) in [5.74, 6) is 6.99. The normalized spacial score (nSPS) is 21.3. The number of rotatable bonds is 4. The van der Waals surface area contributed by atoms with Crippen molar-refractivity contribution in [1.29, 1.82) is 0 Å². The van der Waals surface area contributed by atoms with E-state index in [-0.39, 0.29) is 0 Å². The molecule has 1 aliphatic heterocycles. The van der Waals surface area contributed by atoms with E-state index >= 15 is 0 Å². The summed E-state index contributed by atoms with van der Waals surface area (Å²) in [5.41, 5.74) is 0.442. The maximum atomic E-state index is 5.86. The minimum Gasteiger partial charge on any atom is -0.376 e. The van der Waals surface area contributed by atoms with E-state index in [9.17, 15) is 0 Å². The fourth-order valence-corrected chi connectivity index (χ4v) is 2.32. The average Bonchev–Trinajstić information content (AvgIpc) is 2.27. The molecule has 0 N–H and O–H groups in total. The number of hydrogen-bond donors (Lipinski definition) is 0. The summed E-state index contributed by atoms with van der Waals surface area (Å²) in [7, 11) is 0. The second-order valence-corrected chi connectivity index (χ2v) is 7.16. The largest absolute Gasteiger partial charge is 0.376 e. The molecule has 0 amide bonds. The molecule has 0 unspecified atom stereocenters. The molecule has 2 heteroatoms. The molecule has 0 bridgehead atoms. The molecule has 1 saturated heterocycles. The van der Waals surface area contributed by atoms with Gasteiger partial charge in [0, 0.05) is 19.0 Å². The van der Waals surface area contributed by atoms with Crippen molar-refractivity contribution in [1.82, 2.24) is 4.90 Å². The Hall–Kier alpha value is -0.520. The van der Waals surface area contributed by atoms with Gasteiger partial charge in [-0.3, -0.25) is 4.90 Å². The van der Waals surface area contributed by atoms with E-state index in [2.05, 4.69) is 51.4 Å². The summed E-state index contributed by atoms with van der Waals surface area (Å²) in [4.78, 5) is 2.43. The molecule has 0 aromatic heterocycles. The van der Waals surface area contributed by atoms with Crippen LogP contribution in [0.3, 0.4) is 0 Å². The molecule has 2 nitrogen and oxygen atoms in total. The van der Waals surface area contributed by atoms with E-state index in [1.54, 1.807) is 0 Å². The van der Waals surface area contributed by atoms with Crippen molar-refractivity contribution in [3.05, 3.63) is 0 Å². The summed E-state index contributed by atoms with van der Waals surface area (Å²) in [6.45, 7) is 15.1. The Kier molecular flexibility index (Phi) is 6.89. The molecule has 0 aromatic carbocycles. The van der Waals surface area contributed by atoms with Crippen molar-refractivity contribution in [2.24, 2.45) is 11.3 Å². The molecule has 1 heterocycles. The Morgan fingerprint density at radius 1 is 1.32 bits per heavy atom. The average molecular weight is 265 g/mol. The Morgan fingerprint density at radius 3 is 2.68 bits per heavy atom. The molecule has 1 rings (SSSR count). The van der Waals surface area contributed by atoms with Crippen LogP contribution in [0.5, 0.6) is 0 Å². The molecule has 1 fully saturated rings. The highest BCUT2D eigenvalue weighted by Gasteiger charge is 2.20. The maximum Gasteiger partial charge on any atom is 0.0703 e. The highest BCUT2D eigenvalue weighted by molar-refractivity contribution is 5.03. The minimum absolute atomic E-state index is 0.414. The first-order valence-corrected chi connectivity index (χ1v) is 7.69. The number of nitrogens with zero attached hydrogens (tertiary/aromatic N) is 1. The van der Waals surface area contributed by atoms with E-state index < -0.39 is 0 Å². The quantitative estimate of drug-likeness (QED) is 0.721. The van der Waals surface area contributed by atoms with Crippen molar-refractivity contribution in [2.75, 3.05) is 26.2 Å². The van der Waals surface area contributed by atoms with Crippen molar-refractivity contribution < 1.29 is 4.74 Å². The first-order chi connectivity index (χ1) is 8.87. The van der Waals surface area contributed by atoms with Gasteiger partial charge in [0.25, 0.3) is 0 Å². The second kappa shape index (κ2) is 7.92. The van der Waals surface area contributed by atoms with Gasteiger partial charge in [-0.05, 0) is 18.3 Å². The monoisotopic (exact) mass is 265 g/mol. The third-order valence-corrected chi connectivity index (χ3v) is 3.37. The zero-order valence-electron chi connectivity index (χ0n) is 13.5. The third kappa shape index (κ3) is 8.29. The van der Waals surface area contributed by atoms with Crippen LogP contribution in [0.2, 0.25) is 0 Å². The Balaban J connectivity index is 2.25. The van der Waals surface area contributed by atoms with Gasteiger partial charge in [-0.15, -0.1) is 0 Å². The van der Waals surface area contributed by atoms with Crippen LogP contribution < -0.4 is 0 Å². The van der Waals surface area contributed by atoms with Gasteiger partial charge in [0.1, 0.15) is 0 Å². The van der Waals surface area contributed by atoms with E-state index in [1.807, 2.05) is 0 Å². The Bertz CT molecular complexity index is 305. The number of morpholine rings is 1. The van der Waals surface area contributed by atoms with Crippen LogP contribution in [-0.2, 0) is 4.74 Å². The second-order valence-electron chi connectivity index (χ2n) is 7.16. The summed E-state index contributed by atoms with van der Waals surface area (Å²) in [5, 5.41) is 0. The Morgan fingerprint density at radius 2 is 2.05 bits per heavy atom. The summed E-state index contributed by atoms with van der Waals surface area (Å²) >= 11 is 0. The Labute approximate surface area is 119 Å². The summed E-state index contributed by atoms with van der Waals surface area (Å²) in [6.07, 6.45) is 4.14. The topological polar surface area (TPSA) is 12.5 Å². The van der Waals surface area contributed by atoms with Gasteiger partial charge in [-0.2, -0.15) is 0 Å². The van der Waals surface area contributed by atoms with Gasteiger partial charge < -0.3 is 4.74 Å². The molecule has 1 atom stereocenters. The SMILES string of the molecule is CC(C)C#CCN1CCO[C@H](CCCC(C)(C)C)C1. The van der Waals surface area contributed by atoms with Crippen LogP contribution in [-0.4, -0.2) is 37.2 Å². The van der Waals surface area contributed by atoms with Gasteiger partial charge in [0.05, 0.1) is 19.3 Å². The molecule has 0 spiro atoms. The predicted molar refractivity (Wildman–Crippen MR) is 82.1 cm³/mol. The zero-order valence-corrected chi connectivity index (χ0v) is 13.5. The standard InChI is InChI=1S/C17H31NO/c1-15(2)8-7-11-18-12-13-19-16(14-18)9-6-10-17(3,4)5/h15-16H,6,9-14H2,1-5H3/t16-/m1/s1. The van der Waals surface area contributed by atoms with Crippen molar-refractivity contribution in [2.45, 2.75) is 60.0 Å². The van der Waals surface area contributed by atoms with Gasteiger partial charge in [-0.1, -0.05) is 52.9 Å². The lowest BCUT2D eigenvalue weighted by molar-refractivity contribution is -0.0293. The van der Waals surface area contributed by atoms with Crippen LogP contribution in [0.25, 0.3) is 0 Å². The van der Waals surface area contributed by atoms with Crippen LogP contribution in [0.4, 0.5) is 0 Å². The molecular formula is C17H31NO. The molecule has 0 saturated carbocycles. The summed E-state index contributed by atoms with van der Waals surface area (Å²) < 4.78 is 5.86. The first-order valence-electron chi connectivity index (χ1n) is 7.69. The molecule has 0 aromatic rings. The van der Waals surface area contributed by atoms with E-state index in [4.69, 9.17) is 4.74 Å². The summed E-state index contributed by atoms with van der Waals surface area (Å²) in [6, 6.07) is 0. The van der Waals surface area contributed by atoms with Gasteiger partial charge >= 0.3 is 0 Å². The molecular weight excluding hydrogens is 234 g/mol. The molecule has 110 valence electrons. The van der Waals surface area contributed by atoms with E-state index in [1.165, 1.54) is 19.3 Å². The lowest BCUT2D eigenvalue weighted by Gasteiger charge is -2.32. The van der Waals surface area contributed by atoms with Crippen LogP contribution in [0.1, 0.15) is 53.9 Å². The lowest BCUT2D eigenvalue weighted by Crippen LogP contribution is -2.42. The highest BCUT2D eigenvalue weighted by Crippen LogP contribution is 2.23.